The molecule has 5 heteroatoms. The molecule has 0 radical (unpaired) electrons. The number of benzene rings is 1. The number of aliphatic hydroxyl groups is 1. The van der Waals surface area contributed by atoms with Gasteiger partial charge >= 0.3 is 0 Å². The zero-order valence-electron chi connectivity index (χ0n) is 8.71. The first kappa shape index (κ1) is 11.6. The van der Waals surface area contributed by atoms with Gasteiger partial charge in [0.25, 0.3) is 0 Å². The van der Waals surface area contributed by atoms with E-state index in [2.05, 4.69) is 10.6 Å². The van der Waals surface area contributed by atoms with Crippen molar-refractivity contribution < 1.29 is 9.50 Å². The summed E-state index contributed by atoms with van der Waals surface area (Å²) in [5.74, 6) is -0.419. The molecular weight excluding hydrogens is 231 g/mol. The van der Waals surface area contributed by atoms with Crippen molar-refractivity contribution in [2.24, 2.45) is 0 Å². The van der Waals surface area contributed by atoms with Crippen LogP contribution in [0.5, 0.6) is 0 Å². The molecule has 1 aliphatic heterocycles. The van der Waals surface area contributed by atoms with Crippen molar-refractivity contribution in [3.05, 3.63) is 29.0 Å². The first-order valence-electron chi connectivity index (χ1n) is 5.28. The average molecular weight is 245 g/mol. The predicted octanol–water partition coefficient (Wildman–Crippen LogP) is 1.96. The highest BCUT2D eigenvalue weighted by molar-refractivity contribution is 6.31. The smallest absolute Gasteiger partial charge is 0.141 e. The molecule has 0 saturated carbocycles. The van der Waals surface area contributed by atoms with Gasteiger partial charge < -0.3 is 10.4 Å². The van der Waals surface area contributed by atoms with Crippen molar-refractivity contribution in [3.63, 3.8) is 0 Å². The van der Waals surface area contributed by atoms with E-state index in [-0.39, 0.29) is 11.1 Å². The summed E-state index contributed by atoms with van der Waals surface area (Å²) >= 11 is 5.68. The van der Waals surface area contributed by atoms with Crippen LogP contribution in [0.1, 0.15) is 12.8 Å². The van der Waals surface area contributed by atoms with Crippen LogP contribution in [0.2, 0.25) is 5.02 Å². The number of hydrogen-bond donors (Lipinski definition) is 3. The minimum Gasteiger partial charge on any atom is -0.382 e. The number of rotatable bonds is 2. The largest absolute Gasteiger partial charge is 0.382 e. The molecule has 3 nitrogen and oxygen atoms in total. The monoisotopic (exact) mass is 244 g/mol. The quantitative estimate of drug-likeness (QED) is 0.745. The van der Waals surface area contributed by atoms with E-state index >= 15 is 0 Å². The summed E-state index contributed by atoms with van der Waals surface area (Å²) in [5, 5.41) is 15.7. The molecule has 1 aliphatic rings. The molecule has 0 bridgehead atoms. The molecular formula is C11H14ClFN2O. The predicted molar refractivity (Wildman–Crippen MR) is 62.1 cm³/mol. The fourth-order valence-electron chi connectivity index (χ4n) is 1.85. The molecule has 1 aromatic carbocycles. The lowest BCUT2D eigenvalue weighted by Crippen LogP contribution is -2.42. The van der Waals surface area contributed by atoms with Crippen LogP contribution in [0.15, 0.2) is 18.2 Å². The Bertz CT molecular complexity index is 375. The van der Waals surface area contributed by atoms with Crippen LogP contribution in [-0.2, 0) is 0 Å². The van der Waals surface area contributed by atoms with E-state index in [4.69, 9.17) is 11.6 Å². The van der Waals surface area contributed by atoms with E-state index in [1.54, 1.807) is 12.1 Å². The standard InChI is InChI=1S/C11H14ClFN2O/c12-9-5-7(1-2-10(9)13)15-8-3-4-14-11(16)6-8/h1-2,5,8,11,14-16H,3-4,6H2. The number of piperidine rings is 1. The Balaban J connectivity index is 2.00. The summed E-state index contributed by atoms with van der Waals surface area (Å²) in [5.41, 5.74) is 0.783. The Morgan fingerprint density at radius 1 is 1.50 bits per heavy atom. The molecule has 0 amide bonds. The van der Waals surface area contributed by atoms with E-state index in [0.717, 1.165) is 18.7 Å². The molecule has 1 saturated heterocycles. The van der Waals surface area contributed by atoms with Crippen molar-refractivity contribution >= 4 is 17.3 Å². The molecule has 16 heavy (non-hydrogen) atoms. The van der Waals surface area contributed by atoms with Crippen LogP contribution in [0.3, 0.4) is 0 Å². The van der Waals surface area contributed by atoms with Gasteiger partial charge in [0.2, 0.25) is 0 Å². The van der Waals surface area contributed by atoms with Crippen LogP contribution in [0.25, 0.3) is 0 Å². The third-order valence-electron chi connectivity index (χ3n) is 2.67. The summed E-state index contributed by atoms with van der Waals surface area (Å²) in [6.45, 7) is 0.772. The van der Waals surface area contributed by atoms with Gasteiger partial charge in [-0.3, -0.25) is 5.32 Å². The van der Waals surface area contributed by atoms with Gasteiger partial charge in [-0.1, -0.05) is 11.6 Å². The molecule has 0 aliphatic carbocycles. The van der Waals surface area contributed by atoms with Gasteiger partial charge in [-0.15, -0.1) is 0 Å². The number of hydrogen-bond acceptors (Lipinski definition) is 3. The maximum absolute atomic E-state index is 12.9. The van der Waals surface area contributed by atoms with Crippen molar-refractivity contribution in [3.8, 4) is 0 Å². The molecule has 1 fully saturated rings. The Labute approximate surface area is 98.6 Å². The SMILES string of the molecule is OC1CC(Nc2ccc(F)c(Cl)c2)CCN1. The fraction of sp³-hybridized carbons (Fsp3) is 0.455. The van der Waals surface area contributed by atoms with Crippen molar-refractivity contribution in [2.45, 2.75) is 25.1 Å². The first-order valence-corrected chi connectivity index (χ1v) is 5.66. The van der Waals surface area contributed by atoms with Gasteiger partial charge in [0.05, 0.1) is 5.02 Å². The van der Waals surface area contributed by atoms with Gasteiger partial charge in [0, 0.05) is 18.2 Å². The minimum atomic E-state index is -0.470. The summed E-state index contributed by atoms with van der Waals surface area (Å²) < 4.78 is 12.9. The van der Waals surface area contributed by atoms with Crippen LogP contribution < -0.4 is 10.6 Å². The second-order valence-electron chi connectivity index (χ2n) is 3.96. The minimum absolute atomic E-state index is 0.111. The summed E-state index contributed by atoms with van der Waals surface area (Å²) in [6, 6.07) is 4.74. The molecule has 0 aromatic heterocycles. The topological polar surface area (TPSA) is 44.3 Å². The summed E-state index contributed by atoms with van der Waals surface area (Å²) in [4.78, 5) is 0. The van der Waals surface area contributed by atoms with E-state index < -0.39 is 12.0 Å². The lowest BCUT2D eigenvalue weighted by molar-refractivity contribution is 0.102. The number of nitrogens with one attached hydrogen (secondary N) is 2. The number of aliphatic hydroxyl groups excluding tert-OH is 1. The lowest BCUT2D eigenvalue weighted by atomic mass is 10.1. The normalized spacial score (nSPS) is 25.4. The number of halogens is 2. The molecule has 1 heterocycles. The Kier molecular flexibility index (Phi) is 3.63. The van der Waals surface area contributed by atoms with E-state index in [0.29, 0.717) is 6.42 Å². The zero-order valence-corrected chi connectivity index (χ0v) is 9.47. The highest BCUT2D eigenvalue weighted by Gasteiger charge is 2.19. The Hall–Kier alpha value is -0.840. The van der Waals surface area contributed by atoms with Crippen LogP contribution in [-0.4, -0.2) is 23.9 Å². The number of anilines is 1. The molecule has 0 spiro atoms. The highest BCUT2D eigenvalue weighted by Crippen LogP contribution is 2.21. The van der Waals surface area contributed by atoms with E-state index in [9.17, 15) is 9.50 Å². The molecule has 88 valence electrons. The molecule has 1 aromatic rings. The maximum Gasteiger partial charge on any atom is 0.141 e. The third-order valence-corrected chi connectivity index (χ3v) is 2.96. The maximum atomic E-state index is 12.9. The third kappa shape index (κ3) is 2.84. The van der Waals surface area contributed by atoms with E-state index in [1.807, 2.05) is 0 Å². The molecule has 3 N–H and O–H groups in total. The van der Waals surface area contributed by atoms with Crippen LogP contribution in [0, 0.1) is 5.82 Å². The second-order valence-corrected chi connectivity index (χ2v) is 4.37. The zero-order chi connectivity index (χ0) is 11.5. The Morgan fingerprint density at radius 2 is 2.31 bits per heavy atom. The van der Waals surface area contributed by atoms with Crippen LogP contribution in [0.4, 0.5) is 10.1 Å². The van der Waals surface area contributed by atoms with E-state index in [1.165, 1.54) is 6.07 Å². The van der Waals surface area contributed by atoms with Gasteiger partial charge in [-0.2, -0.15) is 0 Å². The van der Waals surface area contributed by atoms with Gasteiger partial charge in [0.15, 0.2) is 0 Å². The van der Waals surface area contributed by atoms with Gasteiger partial charge in [0.1, 0.15) is 12.0 Å². The highest BCUT2D eigenvalue weighted by atomic mass is 35.5. The van der Waals surface area contributed by atoms with Crippen LogP contribution >= 0.6 is 11.6 Å². The lowest BCUT2D eigenvalue weighted by Gasteiger charge is -2.28. The summed E-state index contributed by atoms with van der Waals surface area (Å²) in [7, 11) is 0. The average Bonchev–Trinajstić information content (AvgIpc) is 2.24. The second kappa shape index (κ2) is 4.99. The van der Waals surface area contributed by atoms with Crippen molar-refractivity contribution in [1.82, 2.24) is 5.32 Å². The molecule has 2 unspecified atom stereocenters. The van der Waals surface area contributed by atoms with Gasteiger partial charge in [-0.05, 0) is 31.2 Å². The Morgan fingerprint density at radius 3 is 3.00 bits per heavy atom. The van der Waals surface area contributed by atoms with Crippen molar-refractivity contribution in [1.29, 1.82) is 0 Å². The van der Waals surface area contributed by atoms with Gasteiger partial charge in [-0.25, -0.2) is 4.39 Å². The first-order chi connectivity index (χ1) is 7.65. The summed E-state index contributed by atoms with van der Waals surface area (Å²) in [6.07, 6.45) is 1.09. The molecule has 2 atom stereocenters. The van der Waals surface area contributed by atoms with Crippen molar-refractivity contribution in [2.75, 3.05) is 11.9 Å². The fourth-order valence-corrected chi connectivity index (χ4v) is 2.03. The molecule has 2 rings (SSSR count).